The summed E-state index contributed by atoms with van der Waals surface area (Å²) >= 11 is 5.93. The van der Waals surface area contributed by atoms with Crippen LogP contribution in [0.15, 0.2) is 35.1 Å². The smallest absolute Gasteiger partial charge is 0.253 e. The number of nitrogens with one attached hydrogen (secondary N) is 1. The molecule has 0 aliphatic heterocycles. The van der Waals surface area contributed by atoms with Crippen molar-refractivity contribution in [3.8, 4) is 17.0 Å². The summed E-state index contributed by atoms with van der Waals surface area (Å²) in [5.74, 6) is 0.617. The number of aromatic amines is 1. The maximum absolute atomic E-state index is 11.6. The molecule has 94 valence electrons. The Hall–Kier alpha value is -1.78. The quantitative estimate of drug-likeness (QED) is 0.894. The van der Waals surface area contributed by atoms with Gasteiger partial charge in [0.1, 0.15) is 5.75 Å². The molecule has 4 nitrogen and oxygen atoms in total. The summed E-state index contributed by atoms with van der Waals surface area (Å²) in [5.41, 5.74) is 1.29. The number of benzene rings is 1. The first-order valence-corrected chi connectivity index (χ1v) is 5.70. The Bertz CT molecular complexity index is 622. The molecule has 0 amide bonds. The lowest BCUT2D eigenvalue weighted by atomic mass is 10.1. The molecule has 0 spiro atoms. The predicted octanol–water partition coefficient (Wildman–Crippen LogP) is 2.20. The number of pyridine rings is 1. The molecule has 1 aromatic carbocycles. The Labute approximate surface area is 109 Å². The monoisotopic (exact) mass is 265 g/mol. The van der Waals surface area contributed by atoms with E-state index in [-0.39, 0.29) is 12.2 Å². The normalized spacial score (nSPS) is 10.4. The fraction of sp³-hybridized carbons (Fsp3) is 0.154. The van der Waals surface area contributed by atoms with Crippen LogP contribution in [-0.4, -0.2) is 17.2 Å². The average molecular weight is 266 g/mol. The van der Waals surface area contributed by atoms with E-state index in [4.69, 9.17) is 21.4 Å². The van der Waals surface area contributed by atoms with Gasteiger partial charge in [0, 0.05) is 16.1 Å². The molecule has 2 N–H and O–H groups in total. The third kappa shape index (κ3) is 2.39. The van der Waals surface area contributed by atoms with E-state index < -0.39 is 0 Å². The summed E-state index contributed by atoms with van der Waals surface area (Å²) < 4.78 is 5.22. The van der Waals surface area contributed by atoms with Gasteiger partial charge >= 0.3 is 0 Å². The third-order valence-corrected chi connectivity index (χ3v) is 2.85. The zero-order valence-corrected chi connectivity index (χ0v) is 10.5. The Morgan fingerprint density at radius 3 is 2.72 bits per heavy atom. The van der Waals surface area contributed by atoms with Gasteiger partial charge in [0.2, 0.25) is 0 Å². The first-order chi connectivity index (χ1) is 8.65. The Balaban J connectivity index is 2.58. The molecule has 0 radical (unpaired) electrons. The standard InChI is InChI=1S/C13H12ClNO3/c1-18-12-5-3-9(14)6-10(12)11-4-2-8(7-16)13(17)15-11/h2-6,16H,7H2,1H3,(H,15,17). The third-order valence-electron chi connectivity index (χ3n) is 2.61. The lowest BCUT2D eigenvalue weighted by Gasteiger charge is -2.09. The minimum Gasteiger partial charge on any atom is -0.496 e. The number of hydrogen-bond donors (Lipinski definition) is 2. The highest BCUT2D eigenvalue weighted by atomic mass is 35.5. The van der Waals surface area contributed by atoms with E-state index in [1.165, 1.54) is 0 Å². The number of H-pyrrole nitrogens is 1. The molecule has 0 aliphatic carbocycles. The maximum atomic E-state index is 11.6. The lowest BCUT2D eigenvalue weighted by molar-refractivity contribution is 0.280. The van der Waals surface area contributed by atoms with Crippen molar-refractivity contribution in [2.24, 2.45) is 0 Å². The molecule has 0 bridgehead atoms. The fourth-order valence-electron chi connectivity index (χ4n) is 1.68. The van der Waals surface area contributed by atoms with Gasteiger partial charge in [0.05, 0.1) is 19.4 Å². The fourth-order valence-corrected chi connectivity index (χ4v) is 1.85. The van der Waals surface area contributed by atoms with Crippen LogP contribution in [0.25, 0.3) is 11.3 Å². The van der Waals surface area contributed by atoms with Gasteiger partial charge in [-0.05, 0) is 30.3 Å². The highest BCUT2D eigenvalue weighted by molar-refractivity contribution is 6.30. The number of rotatable bonds is 3. The van der Waals surface area contributed by atoms with Crippen LogP contribution in [0.5, 0.6) is 5.75 Å². The number of aromatic nitrogens is 1. The van der Waals surface area contributed by atoms with E-state index in [1.54, 1.807) is 37.4 Å². The molecular weight excluding hydrogens is 254 g/mol. The van der Waals surface area contributed by atoms with Crippen molar-refractivity contribution in [2.75, 3.05) is 7.11 Å². The second-order valence-electron chi connectivity index (χ2n) is 3.73. The second kappa shape index (κ2) is 5.25. The van der Waals surface area contributed by atoms with Crippen LogP contribution in [0.1, 0.15) is 5.56 Å². The van der Waals surface area contributed by atoms with Gasteiger partial charge in [0.25, 0.3) is 5.56 Å². The van der Waals surface area contributed by atoms with Gasteiger partial charge < -0.3 is 14.8 Å². The van der Waals surface area contributed by atoms with Crippen molar-refractivity contribution in [3.05, 3.63) is 51.3 Å². The van der Waals surface area contributed by atoms with Crippen molar-refractivity contribution in [3.63, 3.8) is 0 Å². The number of ether oxygens (including phenoxy) is 1. The van der Waals surface area contributed by atoms with Gasteiger partial charge in [-0.2, -0.15) is 0 Å². The second-order valence-corrected chi connectivity index (χ2v) is 4.17. The summed E-state index contributed by atoms with van der Waals surface area (Å²) in [6, 6.07) is 8.44. The zero-order valence-electron chi connectivity index (χ0n) is 9.74. The van der Waals surface area contributed by atoms with E-state index in [0.717, 1.165) is 0 Å². The van der Waals surface area contributed by atoms with Crippen molar-refractivity contribution >= 4 is 11.6 Å². The van der Waals surface area contributed by atoms with Gasteiger partial charge in [-0.25, -0.2) is 0 Å². The van der Waals surface area contributed by atoms with Gasteiger partial charge in [-0.1, -0.05) is 11.6 Å². The van der Waals surface area contributed by atoms with Crippen molar-refractivity contribution < 1.29 is 9.84 Å². The summed E-state index contributed by atoms with van der Waals surface area (Å²) in [6.07, 6.45) is 0. The number of hydrogen-bond acceptors (Lipinski definition) is 3. The number of aliphatic hydroxyl groups is 1. The lowest BCUT2D eigenvalue weighted by Crippen LogP contribution is -2.12. The van der Waals surface area contributed by atoms with E-state index in [2.05, 4.69) is 4.98 Å². The maximum Gasteiger partial charge on any atom is 0.253 e. The van der Waals surface area contributed by atoms with Crippen molar-refractivity contribution in [1.29, 1.82) is 0 Å². The van der Waals surface area contributed by atoms with Gasteiger partial charge in [-0.3, -0.25) is 4.79 Å². The van der Waals surface area contributed by atoms with Crippen LogP contribution in [0, 0.1) is 0 Å². The first-order valence-electron chi connectivity index (χ1n) is 5.32. The largest absolute Gasteiger partial charge is 0.496 e. The summed E-state index contributed by atoms with van der Waals surface area (Å²) in [6.45, 7) is -0.289. The minimum atomic E-state index is -0.322. The Morgan fingerprint density at radius 1 is 1.33 bits per heavy atom. The van der Waals surface area contributed by atoms with Crippen LogP contribution in [-0.2, 0) is 6.61 Å². The average Bonchev–Trinajstić information content (AvgIpc) is 2.38. The predicted molar refractivity (Wildman–Crippen MR) is 70.0 cm³/mol. The molecule has 2 rings (SSSR count). The molecule has 0 unspecified atom stereocenters. The minimum absolute atomic E-state index is 0.289. The molecule has 0 atom stereocenters. The number of methoxy groups -OCH3 is 1. The highest BCUT2D eigenvalue weighted by Gasteiger charge is 2.08. The topological polar surface area (TPSA) is 62.3 Å². The van der Waals surface area contributed by atoms with Crippen LogP contribution < -0.4 is 10.3 Å². The van der Waals surface area contributed by atoms with Crippen LogP contribution >= 0.6 is 11.6 Å². The molecular formula is C13H12ClNO3. The van der Waals surface area contributed by atoms with Crippen LogP contribution in [0.2, 0.25) is 5.02 Å². The molecule has 1 heterocycles. The molecule has 0 fully saturated rings. The summed E-state index contributed by atoms with van der Waals surface area (Å²) in [4.78, 5) is 14.3. The summed E-state index contributed by atoms with van der Waals surface area (Å²) in [7, 11) is 1.55. The molecule has 2 aromatic rings. The molecule has 0 saturated carbocycles. The summed E-state index contributed by atoms with van der Waals surface area (Å²) in [5, 5.41) is 9.51. The van der Waals surface area contributed by atoms with Gasteiger partial charge in [-0.15, -0.1) is 0 Å². The van der Waals surface area contributed by atoms with E-state index in [0.29, 0.717) is 27.6 Å². The molecule has 18 heavy (non-hydrogen) atoms. The number of aliphatic hydroxyl groups excluding tert-OH is 1. The highest BCUT2D eigenvalue weighted by Crippen LogP contribution is 2.30. The molecule has 5 heteroatoms. The van der Waals surface area contributed by atoms with E-state index in [9.17, 15) is 4.79 Å². The van der Waals surface area contributed by atoms with Crippen molar-refractivity contribution in [2.45, 2.75) is 6.61 Å². The van der Waals surface area contributed by atoms with Gasteiger partial charge in [0.15, 0.2) is 0 Å². The van der Waals surface area contributed by atoms with Crippen LogP contribution in [0.3, 0.4) is 0 Å². The van der Waals surface area contributed by atoms with E-state index in [1.807, 2.05) is 0 Å². The van der Waals surface area contributed by atoms with Crippen LogP contribution in [0.4, 0.5) is 0 Å². The molecule has 1 aromatic heterocycles. The number of halogens is 1. The van der Waals surface area contributed by atoms with Crippen molar-refractivity contribution in [1.82, 2.24) is 4.98 Å². The van der Waals surface area contributed by atoms with E-state index >= 15 is 0 Å². The Kier molecular flexibility index (Phi) is 3.69. The molecule has 0 saturated heterocycles. The first kappa shape index (κ1) is 12.7. The zero-order chi connectivity index (χ0) is 13.1. The molecule has 0 aliphatic rings. The Morgan fingerprint density at radius 2 is 2.11 bits per heavy atom. The SMILES string of the molecule is COc1ccc(Cl)cc1-c1ccc(CO)c(=O)[nH]1.